The molecule has 0 spiro atoms. The molecule has 0 saturated heterocycles. The van der Waals surface area contributed by atoms with Crippen LogP contribution < -0.4 is 10.0 Å². The molecule has 2 aliphatic rings. The average Bonchev–Trinajstić information content (AvgIpc) is 3.23. The summed E-state index contributed by atoms with van der Waals surface area (Å²) in [7, 11) is 0. The van der Waals surface area contributed by atoms with Crippen LogP contribution in [-0.2, 0) is 25.7 Å². The molecule has 0 radical (unpaired) electrons. The van der Waals surface area contributed by atoms with Gasteiger partial charge in [0.2, 0.25) is 0 Å². The molecule has 4 heteroatoms. The molecule has 0 heterocycles. The van der Waals surface area contributed by atoms with Gasteiger partial charge >= 0.3 is 6.03 Å². The second kappa shape index (κ2) is 6.52. The summed E-state index contributed by atoms with van der Waals surface area (Å²) in [6.45, 7) is 2.06. The Balaban J connectivity index is 1.49. The Morgan fingerprint density at radius 1 is 0.958 bits per heavy atom. The van der Waals surface area contributed by atoms with E-state index in [2.05, 4.69) is 35.2 Å². The van der Waals surface area contributed by atoms with E-state index in [4.69, 9.17) is 0 Å². The van der Waals surface area contributed by atoms with Crippen LogP contribution in [0.3, 0.4) is 0 Å². The summed E-state index contributed by atoms with van der Waals surface area (Å²) < 4.78 is 2.92. The largest absolute Gasteiger partial charge is 0.329 e. The number of rotatable bonds is 3. The number of carbonyl (C=O) groups is 1. The standard InChI is InChI=1S/C20H22N2OS/c1-13-8-10-16(11-9-13)24-22-20(23)21-19-17-6-2-4-14(17)12-15-5-3-7-18(15)19/h8-12H,2-7H2,1H3,(H2,21,22,23). The van der Waals surface area contributed by atoms with Gasteiger partial charge in [-0.2, -0.15) is 0 Å². The molecule has 0 aromatic heterocycles. The van der Waals surface area contributed by atoms with Crippen molar-refractivity contribution in [2.45, 2.75) is 50.3 Å². The molecule has 124 valence electrons. The van der Waals surface area contributed by atoms with Crippen LogP contribution in [0.1, 0.15) is 40.7 Å². The Kier molecular flexibility index (Phi) is 4.23. The molecule has 2 aromatic carbocycles. The van der Waals surface area contributed by atoms with Crippen molar-refractivity contribution in [1.29, 1.82) is 0 Å². The molecule has 3 nitrogen and oxygen atoms in total. The maximum Gasteiger partial charge on any atom is 0.329 e. The molecule has 2 amide bonds. The maximum absolute atomic E-state index is 12.4. The maximum atomic E-state index is 12.4. The highest BCUT2D eigenvalue weighted by molar-refractivity contribution is 7.98. The number of hydrogen-bond donors (Lipinski definition) is 2. The van der Waals surface area contributed by atoms with Crippen molar-refractivity contribution in [3.05, 3.63) is 58.1 Å². The summed E-state index contributed by atoms with van der Waals surface area (Å²) in [5.74, 6) is 0. The highest BCUT2D eigenvalue weighted by Gasteiger charge is 2.24. The van der Waals surface area contributed by atoms with Gasteiger partial charge in [0.1, 0.15) is 0 Å². The lowest BCUT2D eigenvalue weighted by atomic mass is 9.99. The number of carbonyl (C=O) groups excluding carboxylic acids is 1. The van der Waals surface area contributed by atoms with Gasteiger partial charge in [-0.1, -0.05) is 23.8 Å². The third-order valence-corrected chi connectivity index (χ3v) is 5.79. The Morgan fingerprint density at radius 2 is 1.58 bits per heavy atom. The van der Waals surface area contributed by atoms with Crippen molar-refractivity contribution < 1.29 is 4.79 Å². The van der Waals surface area contributed by atoms with Gasteiger partial charge < -0.3 is 5.32 Å². The highest BCUT2D eigenvalue weighted by atomic mass is 32.2. The van der Waals surface area contributed by atoms with Gasteiger partial charge in [0.15, 0.2) is 0 Å². The molecule has 0 atom stereocenters. The molecule has 2 aliphatic carbocycles. The monoisotopic (exact) mass is 338 g/mol. The fourth-order valence-corrected chi connectivity index (χ4v) is 4.35. The molecule has 0 fully saturated rings. The van der Waals surface area contributed by atoms with Gasteiger partial charge in [-0.05, 0) is 91.8 Å². The van der Waals surface area contributed by atoms with Crippen molar-refractivity contribution >= 4 is 23.7 Å². The fraction of sp³-hybridized carbons (Fsp3) is 0.350. The first kappa shape index (κ1) is 15.6. The number of amides is 2. The van der Waals surface area contributed by atoms with Crippen molar-refractivity contribution in [2.75, 3.05) is 5.32 Å². The zero-order chi connectivity index (χ0) is 16.5. The molecule has 24 heavy (non-hydrogen) atoms. The van der Waals surface area contributed by atoms with Gasteiger partial charge in [0, 0.05) is 10.6 Å². The minimum Gasteiger partial charge on any atom is -0.307 e. The normalized spacial score (nSPS) is 15.0. The molecule has 2 aromatic rings. The molecule has 0 bridgehead atoms. The molecule has 0 unspecified atom stereocenters. The average molecular weight is 338 g/mol. The van der Waals surface area contributed by atoms with E-state index < -0.39 is 0 Å². The second-order valence-electron chi connectivity index (χ2n) is 6.71. The van der Waals surface area contributed by atoms with Gasteiger partial charge in [0.25, 0.3) is 0 Å². The predicted octanol–water partition coefficient (Wildman–Crippen LogP) is 4.80. The van der Waals surface area contributed by atoms with E-state index >= 15 is 0 Å². The Morgan fingerprint density at radius 3 is 2.21 bits per heavy atom. The van der Waals surface area contributed by atoms with Crippen LogP contribution in [0.4, 0.5) is 10.5 Å². The SMILES string of the molecule is Cc1ccc(SNC(=O)Nc2c3c(cc4c2CCC4)CCC3)cc1. The Labute approximate surface area is 147 Å². The van der Waals surface area contributed by atoms with Gasteiger partial charge in [-0.15, -0.1) is 0 Å². The lowest BCUT2D eigenvalue weighted by Gasteiger charge is -2.16. The molecule has 0 saturated carbocycles. The van der Waals surface area contributed by atoms with E-state index in [0.717, 1.165) is 36.3 Å². The number of urea groups is 1. The predicted molar refractivity (Wildman–Crippen MR) is 99.7 cm³/mol. The summed E-state index contributed by atoms with van der Waals surface area (Å²) in [6, 6.07) is 10.4. The van der Waals surface area contributed by atoms with E-state index in [-0.39, 0.29) is 6.03 Å². The number of nitrogens with one attached hydrogen (secondary N) is 2. The highest BCUT2D eigenvalue weighted by Crippen LogP contribution is 2.38. The van der Waals surface area contributed by atoms with Crippen LogP contribution in [0, 0.1) is 6.92 Å². The molecular weight excluding hydrogens is 316 g/mol. The summed E-state index contributed by atoms with van der Waals surface area (Å²) in [6.07, 6.45) is 6.88. The molecular formula is C20H22N2OS. The zero-order valence-electron chi connectivity index (χ0n) is 13.9. The van der Waals surface area contributed by atoms with E-state index in [0.29, 0.717) is 0 Å². The van der Waals surface area contributed by atoms with Crippen LogP contribution in [-0.4, -0.2) is 6.03 Å². The number of anilines is 1. The summed E-state index contributed by atoms with van der Waals surface area (Å²) in [5, 5.41) is 3.15. The lowest BCUT2D eigenvalue weighted by molar-refractivity contribution is 0.257. The summed E-state index contributed by atoms with van der Waals surface area (Å²) >= 11 is 1.36. The topological polar surface area (TPSA) is 41.1 Å². The number of aryl methyl sites for hydroxylation is 3. The Bertz CT molecular complexity index is 751. The summed E-state index contributed by atoms with van der Waals surface area (Å²) in [5.41, 5.74) is 7.94. The Hall–Kier alpha value is -1.94. The van der Waals surface area contributed by atoms with E-state index in [1.807, 2.05) is 12.1 Å². The van der Waals surface area contributed by atoms with Gasteiger partial charge in [-0.3, -0.25) is 4.72 Å². The van der Waals surface area contributed by atoms with Crippen LogP contribution in [0.25, 0.3) is 0 Å². The van der Waals surface area contributed by atoms with Gasteiger partial charge in [-0.25, -0.2) is 4.79 Å². The molecule has 2 N–H and O–H groups in total. The molecule has 0 aliphatic heterocycles. The number of hydrogen-bond acceptors (Lipinski definition) is 2. The minimum atomic E-state index is -0.130. The third kappa shape index (κ3) is 3.03. The van der Waals surface area contributed by atoms with E-state index in [9.17, 15) is 4.79 Å². The van der Waals surface area contributed by atoms with Crippen LogP contribution in [0.15, 0.2) is 35.2 Å². The quantitative estimate of drug-likeness (QED) is 0.789. The first-order valence-corrected chi connectivity index (χ1v) is 9.49. The van der Waals surface area contributed by atoms with Crippen LogP contribution in [0.5, 0.6) is 0 Å². The van der Waals surface area contributed by atoms with Crippen molar-refractivity contribution in [1.82, 2.24) is 4.72 Å². The second-order valence-corrected chi connectivity index (χ2v) is 7.58. The van der Waals surface area contributed by atoms with E-state index in [1.165, 1.54) is 52.6 Å². The summed E-state index contributed by atoms with van der Waals surface area (Å²) in [4.78, 5) is 13.5. The first-order valence-electron chi connectivity index (χ1n) is 8.68. The van der Waals surface area contributed by atoms with Crippen molar-refractivity contribution in [2.24, 2.45) is 0 Å². The smallest absolute Gasteiger partial charge is 0.307 e. The van der Waals surface area contributed by atoms with Crippen molar-refractivity contribution in [3.8, 4) is 0 Å². The fourth-order valence-electron chi connectivity index (χ4n) is 3.82. The first-order chi connectivity index (χ1) is 11.7. The lowest BCUT2D eigenvalue weighted by Crippen LogP contribution is -2.24. The third-order valence-electron chi connectivity index (χ3n) is 4.99. The molecule has 4 rings (SSSR count). The number of benzene rings is 2. The van der Waals surface area contributed by atoms with Gasteiger partial charge in [0.05, 0.1) is 0 Å². The minimum absolute atomic E-state index is 0.130. The van der Waals surface area contributed by atoms with Crippen LogP contribution >= 0.6 is 11.9 Å². The van der Waals surface area contributed by atoms with Crippen molar-refractivity contribution in [3.63, 3.8) is 0 Å². The van der Waals surface area contributed by atoms with E-state index in [1.54, 1.807) is 0 Å². The van der Waals surface area contributed by atoms with Crippen LogP contribution in [0.2, 0.25) is 0 Å². The number of fused-ring (bicyclic) bond motifs is 2. The zero-order valence-corrected chi connectivity index (χ0v) is 14.8.